The number of nitrogens with one attached hydrogen (secondary N) is 2. The van der Waals surface area contributed by atoms with E-state index in [4.69, 9.17) is 4.74 Å². The topological polar surface area (TPSA) is 70.6 Å². The van der Waals surface area contributed by atoms with Gasteiger partial charge in [0.15, 0.2) is 0 Å². The van der Waals surface area contributed by atoms with E-state index in [2.05, 4.69) is 17.2 Å². The number of amides is 2. The van der Waals surface area contributed by atoms with Crippen molar-refractivity contribution in [2.24, 2.45) is 0 Å². The summed E-state index contributed by atoms with van der Waals surface area (Å²) in [6.45, 7) is 7.07. The van der Waals surface area contributed by atoms with Crippen LogP contribution in [0.5, 0.6) is 0 Å². The highest BCUT2D eigenvalue weighted by Crippen LogP contribution is 2.28. The Kier molecular flexibility index (Phi) is 6.15. The van der Waals surface area contributed by atoms with Crippen LogP contribution in [0.1, 0.15) is 32.6 Å². The van der Waals surface area contributed by atoms with Crippen molar-refractivity contribution in [1.29, 1.82) is 0 Å². The van der Waals surface area contributed by atoms with Gasteiger partial charge in [-0.3, -0.25) is 0 Å². The first kappa shape index (κ1) is 15.0. The van der Waals surface area contributed by atoms with Crippen LogP contribution >= 0.6 is 0 Å². The maximum atomic E-state index is 11.7. The summed E-state index contributed by atoms with van der Waals surface area (Å²) in [7, 11) is 0. The van der Waals surface area contributed by atoms with Crippen LogP contribution in [0, 0.1) is 0 Å². The minimum absolute atomic E-state index is 0.00653. The highest BCUT2D eigenvalue weighted by atomic mass is 16.5. The lowest BCUT2D eigenvalue weighted by molar-refractivity contribution is 0.149. The van der Waals surface area contributed by atoms with Gasteiger partial charge in [0, 0.05) is 6.54 Å². The summed E-state index contributed by atoms with van der Waals surface area (Å²) < 4.78 is 5.28. The summed E-state index contributed by atoms with van der Waals surface area (Å²) >= 11 is 0. The Morgan fingerprint density at radius 3 is 2.67 bits per heavy atom. The van der Waals surface area contributed by atoms with E-state index in [0.29, 0.717) is 19.8 Å². The van der Waals surface area contributed by atoms with E-state index in [1.807, 2.05) is 6.92 Å². The Balaban J connectivity index is 2.15. The predicted molar refractivity (Wildman–Crippen MR) is 70.5 cm³/mol. The molecule has 0 aromatic carbocycles. The zero-order valence-corrected chi connectivity index (χ0v) is 11.1. The van der Waals surface area contributed by atoms with Gasteiger partial charge in [0.2, 0.25) is 0 Å². The Morgan fingerprint density at radius 1 is 1.44 bits per heavy atom. The number of ether oxygens (including phenoxy) is 1. The molecule has 0 radical (unpaired) electrons. The highest BCUT2D eigenvalue weighted by molar-refractivity contribution is 5.74. The van der Waals surface area contributed by atoms with Gasteiger partial charge in [-0.15, -0.1) is 0 Å². The number of aliphatic hydroxyl groups is 1. The molecule has 3 N–H and O–H groups in total. The van der Waals surface area contributed by atoms with Gasteiger partial charge in [0.25, 0.3) is 0 Å². The van der Waals surface area contributed by atoms with Gasteiger partial charge in [-0.05, 0) is 19.8 Å². The average Bonchev–Trinajstić information content (AvgIpc) is 2.77. The third kappa shape index (κ3) is 5.06. The lowest BCUT2D eigenvalue weighted by atomic mass is 9.99. The fourth-order valence-corrected chi connectivity index (χ4v) is 2.14. The average molecular weight is 256 g/mol. The molecular formula is C13H24N2O3. The number of carbonyl (C=O) groups excluding carboxylic acids is 1. The van der Waals surface area contributed by atoms with E-state index in [9.17, 15) is 9.90 Å². The number of hydrogen-bond acceptors (Lipinski definition) is 3. The first-order valence-corrected chi connectivity index (χ1v) is 6.47. The third-order valence-electron chi connectivity index (χ3n) is 3.12. The van der Waals surface area contributed by atoms with Gasteiger partial charge < -0.3 is 20.5 Å². The van der Waals surface area contributed by atoms with Crippen LogP contribution in [-0.4, -0.2) is 43.0 Å². The second-order valence-corrected chi connectivity index (χ2v) is 5.04. The molecule has 2 amide bonds. The van der Waals surface area contributed by atoms with Crippen molar-refractivity contribution >= 4 is 6.03 Å². The summed E-state index contributed by atoms with van der Waals surface area (Å²) in [6, 6.07) is -0.232. The highest BCUT2D eigenvalue weighted by Gasteiger charge is 2.34. The smallest absolute Gasteiger partial charge is 0.315 e. The predicted octanol–water partition coefficient (Wildman–Crippen LogP) is 1.18. The van der Waals surface area contributed by atoms with E-state index in [0.717, 1.165) is 31.3 Å². The molecule has 1 aliphatic rings. The Bertz CT molecular complexity index is 286. The molecule has 0 unspecified atom stereocenters. The van der Waals surface area contributed by atoms with Crippen molar-refractivity contribution in [3.05, 3.63) is 12.2 Å². The van der Waals surface area contributed by atoms with E-state index >= 15 is 0 Å². The number of urea groups is 1. The van der Waals surface area contributed by atoms with Crippen LogP contribution in [0.4, 0.5) is 4.79 Å². The normalized spacial score (nSPS) is 17.4. The molecule has 1 aliphatic carbocycles. The summed E-state index contributed by atoms with van der Waals surface area (Å²) in [4.78, 5) is 11.7. The van der Waals surface area contributed by atoms with Crippen LogP contribution < -0.4 is 10.6 Å². The molecule has 104 valence electrons. The van der Waals surface area contributed by atoms with E-state index in [1.54, 1.807) is 0 Å². The molecule has 0 aliphatic heterocycles. The third-order valence-corrected chi connectivity index (χ3v) is 3.12. The molecule has 0 saturated heterocycles. The summed E-state index contributed by atoms with van der Waals surface area (Å²) in [5, 5.41) is 15.0. The van der Waals surface area contributed by atoms with Gasteiger partial charge in [0.1, 0.15) is 0 Å². The van der Waals surface area contributed by atoms with Crippen molar-refractivity contribution < 1.29 is 14.6 Å². The molecule has 5 nitrogen and oxygen atoms in total. The zero-order chi connectivity index (χ0) is 13.4. The minimum atomic E-state index is -0.414. The molecule has 0 bridgehead atoms. The number of carbonyl (C=O) groups is 1. The van der Waals surface area contributed by atoms with Crippen LogP contribution in [0.25, 0.3) is 0 Å². The molecule has 5 heteroatoms. The molecule has 0 aromatic rings. The summed E-state index contributed by atoms with van der Waals surface area (Å²) in [6.07, 6.45) is 3.82. The van der Waals surface area contributed by atoms with Crippen LogP contribution in [0.2, 0.25) is 0 Å². The fraction of sp³-hybridized carbons (Fsp3) is 0.769. The Hall–Kier alpha value is -1.07. The largest absolute Gasteiger partial charge is 0.394 e. The summed E-state index contributed by atoms with van der Waals surface area (Å²) in [5.41, 5.74) is 0.549. The Morgan fingerprint density at radius 2 is 2.11 bits per heavy atom. The molecule has 0 heterocycles. The van der Waals surface area contributed by atoms with Crippen molar-refractivity contribution in [2.45, 2.75) is 38.1 Å². The molecule has 0 atom stereocenters. The molecular weight excluding hydrogens is 232 g/mol. The first-order valence-electron chi connectivity index (χ1n) is 6.47. The molecule has 1 fully saturated rings. The molecule has 18 heavy (non-hydrogen) atoms. The maximum absolute atomic E-state index is 11.7. The second-order valence-electron chi connectivity index (χ2n) is 5.04. The van der Waals surface area contributed by atoms with Gasteiger partial charge >= 0.3 is 6.03 Å². The van der Waals surface area contributed by atoms with E-state index < -0.39 is 5.54 Å². The molecule has 0 spiro atoms. The first-order chi connectivity index (χ1) is 8.58. The number of aliphatic hydroxyl groups excluding tert-OH is 1. The zero-order valence-electron chi connectivity index (χ0n) is 11.1. The van der Waals surface area contributed by atoms with Gasteiger partial charge in [-0.1, -0.05) is 25.0 Å². The number of hydrogen-bond donors (Lipinski definition) is 3. The van der Waals surface area contributed by atoms with Gasteiger partial charge in [-0.2, -0.15) is 0 Å². The monoisotopic (exact) mass is 256 g/mol. The number of rotatable bonds is 7. The van der Waals surface area contributed by atoms with Crippen molar-refractivity contribution in [1.82, 2.24) is 10.6 Å². The van der Waals surface area contributed by atoms with Crippen LogP contribution in [-0.2, 0) is 4.74 Å². The van der Waals surface area contributed by atoms with Crippen LogP contribution in [0.3, 0.4) is 0 Å². The van der Waals surface area contributed by atoms with Crippen molar-refractivity contribution in [3.8, 4) is 0 Å². The van der Waals surface area contributed by atoms with Crippen molar-refractivity contribution in [2.75, 3.05) is 26.4 Å². The van der Waals surface area contributed by atoms with E-state index in [1.165, 1.54) is 0 Å². The maximum Gasteiger partial charge on any atom is 0.315 e. The fourth-order valence-electron chi connectivity index (χ4n) is 2.14. The summed E-state index contributed by atoms with van der Waals surface area (Å²) in [5.74, 6) is 0. The molecule has 0 aromatic heterocycles. The SMILES string of the molecule is C=C(C)COCCNC(=O)NC1(CO)CCCC1. The van der Waals surface area contributed by atoms with Crippen LogP contribution in [0.15, 0.2) is 12.2 Å². The van der Waals surface area contributed by atoms with Gasteiger partial charge in [0.05, 0.1) is 25.4 Å². The van der Waals surface area contributed by atoms with Crippen molar-refractivity contribution in [3.63, 3.8) is 0 Å². The second kappa shape index (κ2) is 7.38. The quantitative estimate of drug-likeness (QED) is 0.473. The molecule has 1 rings (SSSR count). The van der Waals surface area contributed by atoms with E-state index in [-0.39, 0.29) is 12.6 Å². The molecule has 1 saturated carbocycles. The Labute approximate surface area is 109 Å². The minimum Gasteiger partial charge on any atom is -0.394 e. The lowest BCUT2D eigenvalue weighted by Gasteiger charge is -2.27. The van der Waals surface area contributed by atoms with Gasteiger partial charge in [-0.25, -0.2) is 4.79 Å². The standard InChI is InChI=1S/C13H24N2O3/c1-11(2)9-18-8-7-14-12(17)15-13(10-16)5-3-4-6-13/h16H,1,3-10H2,2H3,(H2,14,15,17). The lowest BCUT2D eigenvalue weighted by Crippen LogP contribution is -2.53.